The number of aromatic nitrogens is 1. The van der Waals surface area contributed by atoms with Gasteiger partial charge in [-0.15, -0.1) is 0 Å². The summed E-state index contributed by atoms with van der Waals surface area (Å²) in [6.07, 6.45) is 1.50. The maximum atomic E-state index is 12.6. The molecule has 0 amide bonds. The minimum Gasteiger partial charge on any atom is -0.385 e. The third kappa shape index (κ3) is 2.32. The number of Topliss-reactive ketones (excluding diaryl/α,β-unsaturated/α-hetero) is 1. The van der Waals surface area contributed by atoms with Crippen molar-refractivity contribution in [2.24, 2.45) is 0 Å². The zero-order chi connectivity index (χ0) is 9.84. The van der Waals surface area contributed by atoms with Gasteiger partial charge in [-0.25, -0.2) is 4.39 Å². The quantitative estimate of drug-likeness (QED) is 0.716. The van der Waals surface area contributed by atoms with E-state index in [0.717, 1.165) is 12.3 Å². The molecular weight excluding hydrogens is 173 g/mol. The van der Waals surface area contributed by atoms with E-state index in [2.05, 4.69) is 4.98 Å². The number of aliphatic hydroxyl groups excluding tert-OH is 1. The first-order valence-electron chi connectivity index (χ1n) is 3.98. The van der Waals surface area contributed by atoms with Gasteiger partial charge in [0.1, 0.15) is 11.9 Å². The predicted molar refractivity (Wildman–Crippen MR) is 44.8 cm³/mol. The standard InChI is InChI=1S/C9H10FNO2/c1-2-8(12)9(13)6-3-7(10)5-11-4-6/h3-5,8,12H,2H2,1H3. The molecule has 70 valence electrons. The summed E-state index contributed by atoms with van der Waals surface area (Å²) in [5, 5.41) is 9.17. The first kappa shape index (κ1) is 9.80. The Labute approximate surface area is 75.2 Å². The van der Waals surface area contributed by atoms with Gasteiger partial charge in [0.05, 0.1) is 6.20 Å². The summed E-state index contributed by atoms with van der Waals surface area (Å²) >= 11 is 0. The second-order valence-electron chi connectivity index (χ2n) is 2.68. The predicted octanol–water partition coefficient (Wildman–Crippen LogP) is 1.17. The van der Waals surface area contributed by atoms with Crippen molar-refractivity contribution < 1.29 is 14.3 Å². The van der Waals surface area contributed by atoms with Gasteiger partial charge in [0, 0.05) is 11.8 Å². The Balaban J connectivity index is 2.89. The van der Waals surface area contributed by atoms with Gasteiger partial charge in [0.25, 0.3) is 0 Å². The molecule has 0 aliphatic carbocycles. The molecule has 1 unspecified atom stereocenters. The van der Waals surface area contributed by atoms with Crippen molar-refractivity contribution in [3.8, 4) is 0 Å². The van der Waals surface area contributed by atoms with E-state index in [1.807, 2.05) is 0 Å². The summed E-state index contributed by atoms with van der Waals surface area (Å²) in [5.41, 5.74) is 0.106. The van der Waals surface area contributed by atoms with Gasteiger partial charge in [-0.1, -0.05) is 6.92 Å². The number of hydrogen-bond acceptors (Lipinski definition) is 3. The van der Waals surface area contributed by atoms with Crippen molar-refractivity contribution >= 4 is 5.78 Å². The molecule has 0 saturated carbocycles. The third-order valence-corrected chi connectivity index (χ3v) is 1.68. The average molecular weight is 183 g/mol. The van der Waals surface area contributed by atoms with Crippen LogP contribution < -0.4 is 0 Å². The molecule has 1 N–H and O–H groups in total. The lowest BCUT2D eigenvalue weighted by molar-refractivity contribution is 0.0740. The summed E-state index contributed by atoms with van der Waals surface area (Å²) < 4.78 is 12.6. The van der Waals surface area contributed by atoms with E-state index in [0.29, 0.717) is 6.42 Å². The minimum absolute atomic E-state index is 0.106. The van der Waals surface area contributed by atoms with Gasteiger partial charge in [0.15, 0.2) is 5.78 Å². The van der Waals surface area contributed by atoms with Gasteiger partial charge in [-0.2, -0.15) is 0 Å². The smallest absolute Gasteiger partial charge is 0.192 e. The number of rotatable bonds is 3. The Hall–Kier alpha value is -1.29. The molecule has 0 aliphatic rings. The number of hydrogen-bond donors (Lipinski definition) is 1. The van der Waals surface area contributed by atoms with E-state index in [1.165, 1.54) is 6.20 Å². The van der Waals surface area contributed by atoms with Crippen molar-refractivity contribution in [1.29, 1.82) is 0 Å². The number of aliphatic hydroxyl groups is 1. The van der Waals surface area contributed by atoms with Crippen LogP contribution in [0.5, 0.6) is 0 Å². The number of pyridine rings is 1. The largest absolute Gasteiger partial charge is 0.385 e. The fourth-order valence-electron chi connectivity index (χ4n) is 0.924. The normalized spacial score (nSPS) is 12.5. The summed E-state index contributed by atoms with van der Waals surface area (Å²) in [4.78, 5) is 14.8. The zero-order valence-corrected chi connectivity index (χ0v) is 7.20. The molecule has 3 nitrogen and oxygen atoms in total. The molecule has 1 heterocycles. The average Bonchev–Trinajstić information content (AvgIpc) is 2.15. The maximum absolute atomic E-state index is 12.6. The lowest BCUT2D eigenvalue weighted by atomic mass is 10.1. The SMILES string of the molecule is CCC(O)C(=O)c1cncc(F)c1. The Morgan fingerprint density at radius 3 is 2.92 bits per heavy atom. The number of carbonyl (C=O) groups is 1. The summed E-state index contributed by atoms with van der Waals surface area (Å²) in [7, 11) is 0. The van der Waals surface area contributed by atoms with Crippen molar-refractivity contribution in [1.82, 2.24) is 4.98 Å². The first-order chi connectivity index (χ1) is 6.15. The molecule has 1 atom stereocenters. The monoisotopic (exact) mass is 183 g/mol. The van der Waals surface area contributed by atoms with Crippen LogP contribution in [0.3, 0.4) is 0 Å². The molecule has 13 heavy (non-hydrogen) atoms. The van der Waals surface area contributed by atoms with E-state index in [4.69, 9.17) is 0 Å². The fraction of sp³-hybridized carbons (Fsp3) is 0.333. The second-order valence-corrected chi connectivity index (χ2v) is 2.68. The highest BCUT2D eigenvalue weighted by atomic mass is 19.1. The van der Waals surface area contributed by atoms with Crippen molar-refractivity contribution in [2.75, 3.05) is 0 Å². The van der Waals surface area contributed by atoms with Crippen LogP contribution in [0.25, 0.3) is 0 Å². The van der Waals surface area contributed by atoms with E-state index >= 15 is 0 Å². The Kier molecular flexibility index (Phi) is 3.08. The van der Waals surface area contributed by atoms with Gasteiger partial charge in [0.2, 0.25) is 0 Å². The van der Waals surface area contributed by atoms with Gasteiger partial charge < -0.3 is 5.11 Å². The molecule has 0 bridgehead atoms. The molecule has 0 fully saturated rings. The van der Waals surface area contributed by atoms with Crippen LogP contribution in [-0.4, -0.2) is 22.0 Å². The van der Waals surface area contributed by atoms with E-state index in [1.54, 1.807) is 6.92 Å². The lowest BCUT2D eigenvalue weighted by Crippen LogP contribution is -2.19. The second kappa shape index (κ2) is 4.09. The maximum Gasteiger partial charge on any atom is 0.192 e. The highest BCUT2D eigenvalue weighted by Gasteiger charge is 2.15. The van der Waals surface area contributed by atoms with Crippen molar-refractivity contribution in [3.63, 3.8) is 0 Å². The number of ketones is 1. The highest BCUT2D eigenvalue weighted by molar-refractivity contribution is 5.98. The van der Waals surface area contributed by atoms with Crippen LogP contribution in [0.4, 0.5) is 4.39 Å². The molecule has 1 aromatic heterocycles. The third-order valence-electron chi connectivity index (χ3n) is 1.68. The van der Waals surface area contributed by atoms with Gasteiger partial charge in [-0.05, 0) is 12.5 Å². The minimum atomic E-state index is -1.07. The molecule has 0 radical (unpaired) electrons. The molecule has 1 aromatic rings. The topological polar surface area (TPSA) is 50.2 Å². The van der Waals surface area contributed by atoms with Gasteiger partial charge >= 0.3 is 0 Å². The van der Waals surface area contributed by atoms with Crippen LogP contribution in [0.15, 0.2) is 18.5 Å². The molecule has 4 heteroatoms. The number of carbonyl (C=O) groups excluding carboxylic acids is 1. The van der Waals surface area contributed by atoms with E-state index < -0.39 is 17.7 Å². The summed E-state index contributed by atoms with van der Waals surface area (Å²) in [6, 6.07) is 1.06. The fourth-order valence-corrected chi connectivity index (χ4v) is 0.924. The molecule has 0 aliphatic heterocycles. The summed E-state index contributed by atoms with van der Waals surface area (Å²) in [6.45, 7) is 1.68. The Morgan fingerprint density at radius 1 is 1.69 bits per heavy atom. The Morgan fingerprint density at radius 2 is 2.38 bits per heavy atom. The Bertz CT molecular complexity index is 314. The van der Waals surface area contributed by atoms with Crippen molar-refractivity contribution in [3.05, 3.63) is 29.8 Å². The molecule has 0 saturated heterocycles. The summed E-state index contributed by atoms with van der Waals surface area (Å²) in [5.74, 6) is -1.07. The zero-order valence-electron chi connectivity index (χ0n) is 7.20. The van der Waals surface area contributed by atoms with Crippen molar-refractivity contribution in [2.45, 2.75) is 19.4 Å². The van der Waals surface area contributed by atoms with Gasteiger partial charge in [-0.3, -0.25) is 9.78 Å². The molecule has 1 rings (SSSR count). The van der Waals surface area contributed by atoms with Crippen LogP contribution in [0.2, 0.25) is 0 Å². The van der Waals surface area contributed by atoms with Crippen LogP contribution in [0, 0.1) is 5.82 Å². The highest BCUT2D eigenvalue weighted by Crippen LogP contribution is 2.06. The number of halogens is 1. The molecular formula is C9H10FNO2. The molecule has 0 spiro atoms. The number of nitrogens with zero attached hydrogens (tertiary/aromatic N) is 1. The van der Waals surface area contributed by atoms with Crippen LogP contribution in [0.1, 0.15) is 23.7 Å². The molecule has 0 aromatic carbocycles. The van der Waals surface area contributed by atoms with E-state index in [9.17, 15) is 14.3 Å². The lowest BCUT2D eigenvalue weighted by Gasteiger charge is -2.05. The first-order valence-corrected chi connectivity index (χ1v) is 3.98. The van der Waals surface area contributed by atoms with Crippen LogP contribution >= 0.6 is 0 Å². The van der Waals surface area contributed by atoms with Crippen LogP contribution in [-0.2, 0) is 0 Å². The van der Waals surface area contributed by atoms with E-state index in [-0.39, 0.29) is 5.56 Å².